The van der Waals surface area contributed by atoms with Crippen molar-refractivity contribution in [2.75, 3.05) is 5.32 Å². The molecule has 8 heteroatoms. The van der Waals surface area contributed by atoms with Crippen LogP contribution in [-0.2, 0) is 40.6 Å². The van der Waals surface area contributed by atoms with Crippen LogP contribution in [-0.4, -0.2) is 23.4 Å². The molecule has 0 saturated carbocycles. The molecule has 1 amide bonds. The Hall–Kier alpha value is -4.07. The molecular weight excluding hydrogens is 436 g/mol. The minimum Gasteiger partial charge on any atom is -0.457 e. The van der Waals surface area contributed by atoms with Crippen molar-refractivity contribution in [3.8, 4) is 0 Å². The van der Waals surface area contributed by atoms with Gasteiger partial charge in [0.05, 0.1) is 0 Å². The van der Waals surface area contributed by atoms with Gasteiger partial charge in [0.1, 0.15) is 34.5 Å². The summed E-state index contributed by atoms with van der Waals surface area (Å²) in [5.74, 6) is -2.53. The first-order valence-electron chi connectivity index (χ1n) is 10.8. The number of nitrogens with two attached hydrogens (primary N) is 1. The number of ether oxygens (including phenoxy) is 3. The molecule has 8 nitrogen and oxygen atoms in total. The van der Waals surface area contributed by atoms with Gasteiger partial charge >= 0.3 is 11.9 Å². The SMILES string of the molecule is CC1=C(C(=O)OCc2ccccc2)C2(C(=O)Nc3ccccc32)C(C(=O)OC(C)(C)C)=C(N)O1. The Kier molecular flexibility index (Phi) is 5.69. The zero-order valence-electron chi connectivity index (χ0n) is 19.4. The van der Waals surface area contributed by atoms with E-state index in [1.165, 1.54) is 6.92 Å². The molecule has 2 aliphatic heterocycles. The van der Waals surface area contributed by atoms with E-state index in [9.17, 15) is 14.4 Å². The molecule has 0 fully saturated rings. The number of carbonyl (C=O) groups is 3. The summed E-state index contributed by atoms with van der Waals surface area (Å²) in [4.78, 5) is 40.6. The molecule has 0 radical (unpaired) electrons. The normalized spacial score (nSPS) is 19.5. The number of esters is 2. The Balaban J connectivity index is 1.87. The van der Waals surface area contributed by atoms with Gasteiger partial charge in [-0.1, -0.05) is 48.5 Å². The fraction of sp³-hybridized carbons (Fsp3) is 0.269. The van der Waals surface area contributed by atoms with Crippen LogP contribution in [0.1, 0.15) is 38.8 Å². The van der Waals surface area contributed by atoms with Gasteiger partial charge in [-0.2, -0.15) is 0 Å². The second-order valence-electron chi connectivity index (χ2n) is 9.09. The van der Waals surface area contributed by atoms with Gasteiger partial charge in [-0.15, -0.1) is 0 Å². The molecule has 1 spiro atoms. The number of amides is 1. The summed E-state index contributed by atoms with van der Waals surface area (Å²) < 4.78 is 16.8. The van der Waals surface area contributed by atoms with Crippen molar-refractivity contribution in [2.24, 2.45) is 5.73 Å². The zero-order valence-corrected chi connectivity index (χ0v) is 19.4. The lowest BCUT2D eigenvalue weighted by Gasteiger charge is -2.36. The Bertz CT molecular complexity index is 1240. The van der Waals surface area contributed by atoms with E-state index < -0.39 is 28.9 Å². The third-order valence-corrected chi connectivity index (χ3v) is 5.55. The number of benzene rings is 2. The van der Waals surface area contributed by atoms with Crippen molar-refractivity contribution in [3.63, 3.8) is 0 Å². The van der Waals surface area contributed by atoms with E-state index in [-0.39, 0.29) is 29.4 Å². The third kappa shape index (κ3) is 3.81. The second kappa shape index (κ2) is 8.37. The van der Waals surface area contributed by atoms with E-state index in [2.05, 4.69) is 5.32 Å². The van der Waals surface area contributed by atoms with Crippen LogP contribution in [0, 0.1) is 0 Å². The molecule has 0 aliphatic carbocycles. The van der Waals surface area contributed by atoms with Gasteiger partial charge in [-0.05, 0) is 39.3 Å². The minimum atomic E-state index is -1.89. The highest BCUT2D eigenvalue weighted by Crippen LogP contribution is 2.52. The van der Waals surface area contributed by atoms with Crippen LogP contribution < -0.4 is 11.1 Å². The number of rotatable bonds is 4. The van der Waals surface area contributed by atoms with Crippen molar-refractivity contribution < 1.29 is 28.6 Å². The Labute approximate surface area is 197 Å². The predicted octanol–water partition coefficient (Wildman–Crippen LogP) is 3.44. The molecule has 176 valence electrons. The minimum absolute atomic E-state index is 0.0310. The topological polar surface area (TPSA) is 117 Å². The maximum atomic E-state index is 13.7. The molecule has 2 heterocycles. The fourth-order valence-electron chi connectivity index (χ4n) is 4.27. The van der Waals surface area contributed by atoms with Gasteiger partial charge in [0, 0.05) is 11.3 Å². The summed E-state index contributed by atoms with van der Waals surface area (Å²) in [6, 6.07) is 15.9. The number of allylic oxidation sites excluding steroid dienone is 1. The molecular formula is C26H26N2O6. The summed E-state index contributed by atoms with van der Waals surface area (Å²) in [5, 5.41) is 2.77. The quantitative estimate of drug-likeness (QED) is 0.669. The lowest BCUT2D eigenvalue weighted by Crippen LogP contribution is -2.49. The van der Waals surface area contributed by atoms with Crippen molar-refractivity contribution in [2.45, 2.75) is 45.3 Å². The first-order valence-corrected chi connectivity index (χ1v) is 10.8. The van der Waals surface area contributed by atoms with Gasteiger partial charge in [-0.3, -0.25) is 4.79 Å². The molecule has 2 aromatic carbocycles. The van der Waals surface area contributed by atoms with E-state index in [1.54, 1.807) is 45.0 Å². The monoisotopic (exact) mass is 462 g/mol. The number of fused-ring (bicyclic) bond motifs is 2. The average Bonchev–Trinajstić information content (AvgIpc) is 3.03. The number of anilines is 1. The highest BCUT2D eigenvalue weighted by atomic mass is 16.6. The first-order chi connectivity index (χ1) is 16.1. The number of para-hydroxylation sites is 1. The molecule has 1 atom stereocenters. The predicted molar refractivity (Wildman–Crippen MR) is 124 cm³/mol. The van der Waals surface area contributed by atoms with Crippen molar-refractivity contribution in [1.29, 1.82) is 0 Å². The third-order valence-electron chi connectivity index (χ3n) is 5.55. The highest BCUT2D eigenvalue weighted by Gasteiger charge is 2.62. The van der Waals surface area contributed by atoms with Crippen LogP contribution >= 0.6 is 0 Å². The van der Waals surface area contributed by atoms with E-state index in [4.69, 9.17) is 19.9 Å². The van der Waals surface area contributed by atoms with Gasteiger partial charge in [-0.25, -0.2) is 9.59 Å². The molecule has 0 saturated heterocycles. The van der Waals surface area contributed by atoms with Crippen LogP contribution in [0.25, 0.3) is 0 Å². The van der Waals surface area contributed by atoms with Crippen molar-refractivity contribution in [1.82, 2.24) is 0 Å². The summed E-state index contributed by atoms with van der Waals surface area (Å²) in [5.41, 5.74) is 4.62. The van der Waals surface area contributed by atoms with E-state index in [0.29, 0.717) is 11.3 Å². The highest BCUT2D eigenvalue weighted by molar-refractivity contribution is 6.21. The van der Waals surface area contributed by atoms with E-state index >= 15 is 0 Å². The Morgan fingerprint density at radius 3 is 2.32 bits per heavy atom. The molecule has 34 heavy (non-hydrogen) atoms. The van der Waals surface area contributed by atoms with Crippen LogP contribution in [0.15, 0.2) is 77.4 Å². The molecule has 0 aromatic heterocycles. The molecule has 2 aromatic rings. The van der Waals surface area contributed by atoms with Crippen LogP contribution in [0.5, 0.6) is 0 Å². The van der Waals surface area contributed by atoms with E-state index in [0.717, 1.165) is 5.56 Å². The molecule has 1 unspecified atom stereocenters. The largest absolute Gasteiger partial charge is 0.457 e. The number of hydrogen-bond acceptors (Lipinski definition) is 7. The van der Waals surface area contributed by atoms with Crippen LogP contribution in [0.3, 0.4) is 0 Å². The Morgan fingerprint density at radius 2 is 1.65 bits per heavy atom. The van der Waals surface area contributed by atoms with Gasteiger partial charge in [0.25, 0.3) is 0 Å². The van der Waals surface area contributed by atoms with Crippen molar-refractivity contribution in [3.05, 3.63) is 88.5 Å². The summed E-state index contributed by atoms with van der Waals surface area (Å²) in [7, 11) is 0. The van der Waals surface area contributed by atoms with Gasteiger partial charge in [0.2, 0.25) is 11.8 Å². The standard InChI is InChI=1S/C26H26N2O6/c1-15-19(22(29)32-14-16-10-6-5-7-11-16)26(17-12-8-9-13-18(17)28-24(26)31)20(21(27)33-15)23(30)34-25(2,3)4/h5-13H,14,27H2,1-4H3,(H,28,31). The summed E-state index contributed by atoms with van der Waals surface area (Å²) >= 11 is 0. The lowest BCUT2D eigenvalue weighted by molar-refractivity contribution is -0.152. The fourth-order valence-corrected chi connectivity index (χ4v) is 4.27. The number of hydrogen-bond donors (Lipinski definition) is 2. The maximum absolute atomic E-state index is 13.7. The van der Waals surface area contributed by atoms with Gasteiger partial charge in [0.15, 0.2) is 0 Å². The van der Waals surface area contributed by atoms with Crippen LogP contribution in [0.2, 0.25) is 0 Å². The summed E-state index contributed by atoms with van der Waals surface area (Å²) in [6.45, 7) is 6.55. The van der Waals surface area contributed by atoms with E-state index in [1.807, 2.05) is 30.3 Å². The summed E-state index contributed by atoms with van der Waals surface area (Å²) in [6.07, 6.45) is 0. The van der Waals surface area contributed by atoms with Crippen LogP contribution in [0.4, 0.5) is 5.69 Å². The number of nitrogens with one attached hydrogen (secondary N) is 1. The zero-order chi connectivity index (χ0) is 24.7. The maximum Gasteiger partial charge on any atom is 0.341 e. The average molecular weight is 463 g/mol. The lowest BCUT2D eigenvalue weighted by atomic mass is 9.67. The second-order valence-corrected chi connectivity index (χ2v) is 9.09. The molecule has 0 bridgehead atoms. The number of carbonyl (C=O) groups excluding carboxylic acids is 3. The van der Waals surface area contributed by atoms with Crippen molar-refractivity contribution >= 4 is 23.5 Å². The van der Waals surface area contributed by atoms with Gasteiger partial charge < -0.3 is 25.3 Å². The smallest absolute Gasteiger partial charge is 0.341 e. The molecule has 2 aliphatic rings. The Morgan fingerprint density at radius 1 is 1.00 bits per heavy atom. The molecule has 3 N–H and O–H groups in total. The first kappa shape index (κ1) is 23.1. The molecule has 4 rings (SSSR count).